The van der Waals surface area contributed by atoms with Crippen LogP contribution in [-0.4, -0.2) is 47.7 Å². The summed E-state index contributed by atoms with van der Waals surface area (Å²) in [4.78, 5) is 5.38. The van der Waals surface area contributed by atoms with E-state index in [0.29, 0.717) is 5.75 Å². The minimum atomic E-state index is -0.0384. The van der Waals surface area contributed by atoms with Crippen LogP contribution in [-0.2, 0) is 7.05 Å². The van der Waals surface area contributed by atoms with Crippen LogP contribution in [0.1, 0.15) is 0 Å². The molecule has 8 nitrogen and oxygen atoms in total. The lowest BCUT2D eigenvalue weighted by Gasteiger charge is -2.09. The summed E-state index contributed by atoms with van der Waals surface area (Å²) in [5, 5.41) is 23.6. The molecule has 0 amide bonds. The molecule has 150 valence electrons. The average molecular weight is 418 g/mol. The number of aliphatic hydroxyl groups is 1. The molecule has 0 unspecified atom stereocenters. The minimum Gasteiger partial charge on any atom is -0.490 e. The molecule has 0 fully saturated rings. The monoisotopic (exact) mass is 418 g/mol. The first-order valence-electron chi connectivity index (χ1n) is 9.35. The molecular weight excluding hydrogens is 400 g/mol. The smallest absolute Gasteiger partial charge is 0.200 e. The first-order chi connectivity index (χ1) is 14.7. The van der Waals surface area contributed by atoms with E-state index in [-0.39, 0.29) is 13.2 Å². The molecular formula is C21H18N6O2S. The van der Waals surface area contributed by atoms with E-state index < -0.39 is 0 Å². The molecule has 1 aromatic carbocycles. The highest BCUT2D eigenvalue weighted by Crippen LogP contribution is 2.33. The van der Waals surface area contributed by atoms with Gasteiger partial charge in [0.25, 0.3) is 0 Å². The predicted octanol–water partition coefficient (Wildman–Crippen LogP) is 3.20. The number of benzene rings is 1. The number of pyridine rings is 2. The quantitative estimate of drug-likeness (QED) is 0.453. The summed E-state index contributed by atoms with van der Waals surface area (Å²) in [6.45, 7) is 0.200. The summed E-state index contributed by atoms with van der Waals surface area (Å²) in [5.74, 6) is 0.696. The van der Waals surface area contributed by atoms with Gasteiger partial charge in [-0.25, -0.2) is 0 Å². The third-order valence-corrected chi connectivity index (χ3v) is 5.59. The summed E-state index contributed by atoms with van der Waals surface area (Å²) in [6, 6.07) is 11.7. The highest BCUT2D eigenvalue weighted by Gasteiger charge is 2.11. The first kappa shape index (κ1) is 18.6. The van der Waals surface area contributed by atoms with Gasteiger partial charge in [-0.05, 0) is 48.2 Å². The van der Waals surface area contributed by atoms with Crippen molar-refractivity contribution >= 4 is 28.3 Å². The van der Waals surface area contributed by atoms with Crippen LogP contribution in [0.2, 0.25) is 0 Å². The Labute approximate surface area is 176 Å². The van der Waals surface area contributed by atoms with Crippen molar-refractivity contribution in [3.05, 3.63) is 61.2 Å². The van der Waals surface area contributed by atoms with Crippen LogP contribution in [0.15, 0.2) is 71.2 Å². The normalized spacial score (nSPS) is 11.4. The lowest BCUT2D eigenvalue weighted by Crippen LogP contribution is -2.02. The van der Waals surface area contributed by atoms with E-state index in [1.165, 1.54) is 11.8 Å². The van der Waals surface area contributed by atoms with Gasteiger partial charge in [-0.2, -0.15) is 5.10 Å². The van der Waals surface area contributed by atoms with E-state index in [0.717, 1.165) is 37.7 Å². The molecule has 0 aliphatic carbocycles. The molecule has 0 aliphatic heterocycles. The molecule has 0 radical (unpaired) electrons. The summed E-state index contributed by atoms with van der Waals surface area (Å²) in [5.41, 5.74) is 3.69. The van der Waals surface area contributed by atoms with E-state index in [4.69, 9.17) is 9.84 Å². The summed E-state index contributed by atoms with van der Waals surface area (Å²) in [7, 11) is 1.90. The number of nitrogens with zero attached hydrogens (tertiary/aromatic N) is 6. The Balaban J connectivity index is 1.51. The summed E-state index contributed by atoms with van der Waals surface area (Å²) < 4.78 is 9.41. The van der Waals surface area contributed by atoms with Crippen LogP contribution in [0.4, 0.5) is 0 Å². The molecule has 0 atom stereocenters. The van der Waals surface area contributed by atoms with E-state index in [1.807, 2.05) is 60.4 Å². The summed E-state index contributed by atoms with van der Waals surface area (Å²) >= 11 is 1.52. The van der Waals surface area contributed by atoms with Gasteiger partial charge in [-0.3, -0.25) is 14.1 Å². The number of rotatable bonds is 6. The van der Waals surface area contributed by atoms with E-state index in [1.54, 1.807) is 16.9 Å². The topological polar surface area (TPSA) is 90.4 Å². The van der Waals surface area contributed by atoms with Gasteiger partial charge in [0.05, 0.1) is 18.3 Å². The second-order valence-corrected chi connectivity index (χ2v) is 7.73. The van der Waals surface area contributed by atoms with Gasteiger partial charge in [0.15, 0.2) is 10.8 Å². The van der Waals surface area contributed by atoms with Crippen LogP contribution in [0.25, 0.3) is 27.7 Å². The maximum absolute atomic E-state index is 9.06. The minimum absolute atomic E-state index is 0.0384. The van der Waals surface area contributed by atoms with Crippen LogP contribution in [0.5, 0.6) is 5.75 Å². The lowest BCUT2D eigenvalue weighted by atomic mass is 10.2. The van der Waals surface area contributed by atoms with Gasteiger partial charge in [0.1, 0.15) is 12.4 Å². The molecule has 5 aromatic rings. The van der Waals surface area contributed by atoms with Crippen LogP contribution >= 0.6 is 11.8 Å². The van der Waals surface area contributed by atoms with Crippen molar-refractivity contribution in [2.24, 2.45) is 7.05 Å². The van der Waals surface area contributed by atoms with Gasteiger partial charge >= 0.3 is 0 Å². The Hall–Kier alpha value is -3.43. The van der Waals surface area contributed by atoms with E-state index in [2.05, 4.69) is 20.3 Å². The molecule has 9 heteroatoms. The Kier molecular flexibility index (Phi) is 4.82. The lowest BCUT2D eigenvalue weighted by molar-refractivity contribution is 0.202. The zero-order valence-corrected chi connectivity index (χ0v) is 17.0. The second kappa shape index (κ2) is 7.77. The number of aryl methyl sites for hydroxylation is 1. The Morgan fingerprint density at radius 3 is 2.83 bits per heavy atom. The number of aromatic nitrogens is 6. The van der Waals surface area contributed by atoms with Crippen LogP contribution < -0.4 is 4.74 Å². The molecule has 0 spiro atoms. The number of aliphatic hydroxyl groups excluding tert-OH is 1. The van der Waals surface area contributed by atoms with Crippen LogP contribution in [0.3, 0.4) is 0 Å². The summed E-state index contributed by atoms with van der Waals surface area (Å²) in [6.07, 6.45) is 7.53. The standard InChI is InChI=1S/C21H18N6O2S/c1-26-12-15(11-23-26)14-2-5-20-24-25-21(27(20)13-14)30-16-3-4-18-17(10-16)19(6-7-22-18)29-9-8-28/h2-7,10-13,28H,8-9H2,1H3. The van der Waals surface area contributed by atoms with Gasteiger partial charge < -0.3 is 9.84 Å². The number of hydrogen-bond acceptors (Lipinski definition) is 7. The van der Waals surface area contributed by atoms with Crippen molar-refractivity contribution in [3.8, 4) is 16.9 Å². The van der Waals surface area contributed by atoms with Crippen molar-refractivity contribution in [1.82, 2.24) is 29.4 Å². The Morgan fingerprint density at radius 1 is 1.07 bits per heavy atom. The number of ether oxygens (including phenoxy) is 1. The highest BCUT2D eigenvalue weighted by atomic mass is 32.2. The fraction of sp³-hybridized carbons (Fsp3) is 0.143. The fourth-order valence-electron chi connectivity index (χ4n) is 3.23. The Morgan fingerprint density at radius 2 is 2.00 bits per heavy atom. The molecule has 4 aromatic heterocycles. The molecule has 0 saturated carbocycles. The van der Waals surface area contributed by atoms with Crippen molar-refractivity contribution in [1.29, 1.82) is 0 Å². The number of hydrogen-bond donors (Lipinski definition) is 1. The predicted molar refractivity (Wildman–Crippen MR) is 114 cm³/mol. The van der Waals surface area contributed by atoms with Gasteiger partial charge in [-0.15, -0.1) is 10.2 Å². The van der Waals surface area contributed by atoms with E-state index >= 15 is 0 Å². The molecule has 1 N–H and O–H groups in total. The van der Waals surface area contributed by atoms with Gasteiger partial charge in [0, 0.05) is 47.0 Å². The maximum Gasteiger partial charge on any atom is 0.200 e. The molecule has 0 aliphatic rings. The molecule has 5 rings (SSSR count). The second-order valence-electron chi connectivity index (χ2n) is 6.69. The van der Waals surface area contributed by atoms with Crippen LogP contribution in [0, 0.1) is 0 Å². The largest absolute Gasteiger partial charge is 0.490 e. The first-order valence-corrected chi connectivity index (χ1v) is 10.2. The van der Waals surface area contributed by atoms with Crippen molar-refractivity contribution < 1.29 is 9.84 Å². The van der Waals surface area contributed by atoms with Crippen molar-refractivity contribution in [2.75, 3.05) is 13.2 Å². The third-order valence-electron chi connectivity index (χ3n) is 4.64. The van der Waals surface area contributed by atoms with Gasteiger partial charge in [0.2, 0.25) is 0 Å². The zero-order chi connectivity index (χ0) is 20.5. The van der Waals surface area contributed by atoms with Crippen molar-refractivity contribution in [2.45, 2.75) is 10.1 Å². The highest BCUT2D eigenvalue weighted by molar-refractivity contribution is 7.99. The Bertz CT molecular complexity index is 1350. The van der Waals surface area contributed by atoms with E-state index in [9.17, 15) is 0 Å². The maximum atomic E-state index is 9.06. The molecule has 0 bridgehead atoms. The third kappa shape index (κ3) is 3.49. The van der Waals surface area contributed by atoms with Gasteiger partial charge in [-0.1, -0.05) is 0 Å². The SMILES string of the molecule is Cn1cc(-c2ccc3nnc(Sc4ccc5nccc(OCCO)c5c4)n3c2)cn1. The van der Waals surface area contributed by atoms with Crippen molar-refractivity contribution in [3.63, 3.8) is 0 Å². The zero-order valence-electron chi connectivity index (χ0n) is 16.1. The fourth-order valence-corrected chi connectivity index (χ4v) is 4.08. The number of fused-ring (bicyclic) bond motifs is 2. The molecule has 0 saturated heterocycles. The average Bonchev–Trinajstić information content (AvgIpc) is 3.38. The molecule has 30 heavy (non-hydrogen) atoms. The molecule has 4 heterocycles.